The van der Waals surface area contributed by atoms with E-state index in [1.54, 1.807) is 10.9 Å². The van der Waals surface area contributed by atoms with Gasteiger partial charge >= 0.3 is 0 Å². The van der Waals surface area contributed by atoms with Crippen LogP contribution in [0.5, 0.6) is 0 Å². The van der Waals surface area contributed by atoms with E-state index in [0.29, 0.717) is 11.5 Å². The topological polar surface area (TPSA) is 46.9 Å². The summed E-state index contributed by atoms with van der Waals surface area (Å²) in [6.07, 6.45) is 5.74. The Hall–Kier alpha value is -2.10. The minimum atomic E-state index is -0.0155. The summed E-state index contributed by atoms with van der Waals surface area (Å²) in [5.41, 5.74) is 1.63. The molecule has 0 fully saturated rings. The van der Waals surface area contributed by atoms with Crippen LogP contribution < -0.4 is 5.32 Å². The van der Waals surface area contributed by atoms with Gasteiger partial charge in [-0.15, -0.1) is 0 Å². The van der Waals surface area contributed by atoms with Crippen LogP contribution in [-0.4, -0.2) is 21.7 Å². The van der Waals surface area contributed by atoms with E-state index in [4.69, 9.17) is 0 Å². The second-order valence-electron chi connectivity index (χ2n) is 5.84. The van der Waals surface area contributed by atoms with Crippen LogP contribution in [0.2, 0.25) is 0 Å². The predicted octanol–water partition coefficient (Wildman–Crippen LogP) is 3.43. The first-order valence-corrected chi connectivity index (χ1v) is 7.47. The lowest BCUT2D eigenvalue weighted by atomic mass is 10.0. The van der Waals surface area contributed by atoms with Gasteiger partial charge in [-0.05, 0) is 56.0 Å². The molecule has 1 atom stereocenters. The number of carbonyl (C=O) groups excluding carboxylic acids is 1. The van der Waals surface area contributed by atoms with Crippen molar-refractivity contribution in [1.29, 1.82) is 0 Å². The lowest BCUT2D eigenvalue weighted by Gasteiger charge is -2.15. The zero-order valence-electron chi connectivity index (χ0n) is 12.9. The molecule has 0 saturated carbocycles. The molecule has 0 spiro atoms. The van der Waals surface area contributed by atoms with Crippen LogP contribution in [0.3, 0.4) is 0 Å². The van der Waals surface area contributed by atoms with E-state index in [-0.39, 0.29) is 11.9 Å². The Bertz CT molecular complexity index is 558. The van der Waals surface area contributed by atoms with E-state index in [2.05, 4.69) is 31.2 Å². The fourth-order valence-electron chi connectivity index (χ4n) is 2.15. The van der Waals surface area contributed by atoms with Crippen LogP contribution in [0.4, 0.5) is 0 Å². The number of nitrogens with one attached hydrogen (secondary N) is 1. The number of amides is 1. The van der Waals surface area contributed by atoms with Crippen LogP contribution in [-0.2, 0) is 0 Å². The number of rotatable bonds is 6. The van der Waals surface area contributed by atoms with E-state index in [1.807, 2.05) is 36.5 Å². The van der Waals surface area contributed by atoms with Gasteiger partial charge in [0.1, 0.15) is 0 Å². The summed E-state index contributed by atoms with van der Waals surface area (Å²) in [4.78, 5) is 12.2. The molecule has 0 aliphatic heterocycles. The maximum absolute atomic E-state index is 12.2. The monoisotopic (exact) mass is 285 g/mol. The number of nitrogens with zero attached hydrogens (tertiary/aromatic N) is 2. The Kier molecular flexibility index (Phi) is 5.14. The summed E-state index contributed by atoms with van der Waals surface area (Å²) in [6, 6.07) is 9.55. The van der Waals surface area contributed by atoms with Crippen LogP contribution in [0, 0.1) is 5.92 Å². The standard InChI is InChI=1S/C17H23N3O/c1-13(2)5-6-14(3)19-17(21)15-7-9-16(10-8-15)20-12-4-11-18-20/h4,7-14H,5-6H2,1-3H3,(H,19,21)/t14-/m1/s1. The quantitative estimate of drug-likeness (QED) is 0.884. The highest BCUT2D eigenvalue weighted by Gasteiger charge is 2.10. The molecule has 0 aliphatic rings. The first kappa shape index (κ1) is 15.3. The molecule has 0 aliphatic carbocycles. The smallest absolute Gasteiger partial charge is 0.251 e. The molecule has 1 aromatic carbocycles. The molecule has 2 aromatic rings. The SMILES string of the molecule is CC(C)CC[C@@H](C)NC(=O)c1ccc(-n2cccn2)cc1. The molecule has 0 bridgehead atoms. The van der Waals surface area contributed by atoms with E-state index in [0.717, 1.165) is 18.5 Å². The summed E-state index contributed by atoms with van der Waals surface area (Å²) >= 11 is 0. The Morgan fingerprint density at radius 1 is 1.19 bits per heavy atom. The minimum Gasteiger partial charge on any atom is -0.350 e. The lowest BCUT2D eigenvalue weighted by Crippen LogP contribution is -2.32. The average molecular weight is 285 g/mol. The van der Waals surface area contributed by atoms with Crippen molar-refractivity contribution in [3.63, 3.8) is 0 Å². The third kappa shape index (κ3) is 4.45. The van der Waals surface area contributed by atoms with Crippen molar-refractivity contribution in [2.24, 2.45) is 5.92 Å². The first-order chi connectivity index (χ1) is 10.1. The van der Waals surface area contributed by atoms with Gasteiger partial charge in [0, 0.05) is 24.0 Å². The molecule has 1 amide bonds. The van der Waals surface area contributed by atoms with Gasteiger partial charge in [0.15, 0.2) is 0 Å². The van der Waals surface area contributed by atoms with Crippen molar-refractivity contribution >= 4 is 5.91 Å². The fraction of sp³-hybridized carbons (Fsp3) is 0.412. The van der Waals surface area contributed by atoms with Crippen molar-refractivity contribution in [1.82, 2.24) is 15.1 Å². The van der Waals surface area contributed by atoms with Gasteiger partial charge in [0.25, 0.3) is 5.91 Å². The summed E-state index contributed by atoms with van der Waals surface area (Å²) in [5.74, 6) is 0.649. The van der Waals surface area contributed by atoms with Crippen molar-refractivity contribution in [3.8, 4) is 5.69 Å². The maximum Gasteiger partial charge on any atom is 0.251 e. The third-order valence-electron chi connectivity index (χ3n) is 3.45. The van der Waals surface area contributed by atoms with Crippen LogP contribution >= 0.6 is 0 Å². The molecule has 4 heteroatoms. The van der Waals surface area contributed by atoms with E-state index < -0.39 is 0 Å². The lowest BCUT2D eigenvalue weighted by molar-refractivity contribution is 0.0937. The molecule has 0 radical (unpaired) electrons. The minimum absolute atomic E-state index is 0.0155. The van der Waals surface area contributed by atoms with Crippen molar-refractivity contribution in [2.45, 2.75) is 39.7 Å². The molecular weight excluding hydrogens is 262 g/mol. The van der Waals surface area contributed by atoms with Gasteiger partial charge in [0.2, 0.25) is 0 Å². The number of aromatic nitrogens is 2. The number of carbonyl (C=O) groups is 1. The molecule has 21 heavy (non-hydrogen) atoms. The highest BCUT2D eigenvalue weighted by Crippen LogP contribution is 2.10. The fourth-order valence-corrected chi connectivity index (χ4v) is 2.15. The van der Waals surface area contributed by atoms with Gasteiger partial charge in [-0.2, -0.15) is 5.10 Å². The predicted molar refractivity (Wildman–Crippen MR) is 84.6 cm³/mol. The summed E-state index contributed by atoms with van der Waals surface area (Å²) < 4.78 is 1.77. The van der Waals surface area contributed by atoms with Crippen LogP contribution in [0.15, 0.2) is 42.7 Å². The molecule has 2 rings (SSSR count). The van der Waals surface area contributed by atoms with Crippen LogP contribution in [0.25, 0.3) is 5.69 Å². The van der Waals surface area contributed by atoms with E-state index in [1.165, 1.54) is 0 Å². The summed E-state index contributed by atoms with van der Waals surface area (Å²) in [7, 11) is 0. The molecule has 1 N–H and O–H groups in total. The normalized spacial score (nSPS) is 12.4. The highest BCUT2D eigenvalue weighted by atomic mass is 16.1. The molecule has 0 saturated heterocycles. The zero-order valence-corrected chi connectivity index (χ0v) is 12.9. The second kappa shape index (κ2) is 7.07. The summed E-state index contributed by atoms with van der Waals surface area (Å²) in [5, 5.41) is 7.21. The highest BCUT2D eigenvalue weighted by molar-refractivity contribution is 5.94. The van der Waals surface area contributed by atoms with Crippen LogP contribution in [0.1, 0.15) is 44.0 Å². The molecular formula is C17H23N3O. The molecule has 1 heterocycles. The Morgan fingerprint density at radius 2 is 1.90 bits per heavy atom. The largest absolute Gasteiger partial charge is 0.350 e. The zero-order chi connectivity index (χ0) is 15.2. The Labute approximate surface area is 126 Å². The number of hydrogen-bond acceptors (Lipinski definition) is 2. The molecule has 0 unspecified atom stereocenters. The number of benzene rings is 1. The Morgan fingerprint density at radius 3 is 2.48 bits per heavy atom. The van der Waals surface area contributed by atoms with Gasteiger partial charge < -0.3 is 5.32 Å². The van der Waals surface area contributed by atoms with Crippen molar-refractivity contribution < 1.29 is 4.79 Å². The second-order valence-corrected chi connectivity index (χ2v) is 5.84. The van der Waals surface area contributed by atoms with Gasteiger partial charge in [-0.25, -0.2) is 4.68 Å². The van der Waals surface area contributed by atoms with Gasteiger partial charge in [-0.1, -0.05) is 13.8 Å². The molecule has 1 aromatic heterocycles. The van der Waals surface area contributed by atoms with E-state index in [9.17, 15) is 4.79 Å². The van der Waals surface area contributed by atoms with Gasteiger partial charge in [0.05, 0.1) is 5.69 Å². The van der Waals surface area contributed by atoms with E-state index >= 15 is 0 Å². The van der Waals surface area contributed by atoms with Crippen molar-refractivity contribution in [3.05, 3.63) is 48.3 Å². The Balaban J connectivity index is 1.94. The summed E-state index contributed by atoms with van der Waals surface area (Å²) in [6.45, 7) is 6.45. The maximum atomic E-state index is 12.2. The number of hydrogen-bond donors (Lipinski definition) is 1. The molecule has 112 valence electrons. The third-order valence-corrected chi connectivity index (χ3v) is 3.45. The van der Waals surface area contributed by atoms with Crippen molar-refractivity contribution in [2.75, 3.05) is 0 Å². The first-order valence-electron chi connectivity index (χ1n) is 7.47. The molecule has 4 nitrogen and oxygen atoms in total. The average Bonchev–Trinajstić information content (AvgIpc) is 2.99. The van der Waals surface area contributed by atoms with Gasteiger partial charge in [-0.3, -0.25) is 4.79 Å².